The largest absolute Gasteiger partial charge is 0.497 e. The van der Waals surface area contributed by atoms with Gasteiger partial charge in [-0.25, -0.2) is 4.68 Å². The number of hydrogen-bond donors (Lipinski definition) is 2. The fourth-order valence-electron chi connectivity index (χ4n) is 4.31. The maximum absolute atomic E-state index is 13.7. The topological polar surface area (TPSA) is 112 Å². The molecule has 2 aromatic carbocycles. The third-order valence-corrected chi connectivity index (χ3v) is 6.08. The maximum atomic E-state index is 13.7. The highest BCUT2D eigenvalue weighted by Gasteiger charge is 2.36. The monoisotopic (exact) mass is 498 g/mol. The van der Waals surface area contributed by atoms with Gasteiger partial charge < -0.3 is 24.8 Å². The Bertz CT molecular complexity index is 1480. The minimum Gasteiger partial charge on any atom is -0.497 e. The van der Waals surface area contributed by atoms with E-state index in [-0.39, 0.29) is 5.91 Å². The van der Waals surface area contributed by atoms with Gasteiger partial charge in [-0.15, -0.1) is 5.10 Å². The van der Waals surface area contributed by atoms with Crippen LogP contribution in [-0.2, 0) is 4.79 Å². The van der Waals surface area contributed by atoms with Crippen LogP contribution in [0.2, 0.25) is 0 Å². The number of pyridine rings is 1. The van der Waals surface area contributed by atoms with Gasteiger partial charge in [-0.05, 0) is 49.4 Å². The van der Waals surface area contributed by atoms with Crippen molar-refractivity contribution in [1.82, 2.24) is 19.7 Å². The van der Waals surface area contributed by atoms with Crippen LogP contribution in [0.3, 0.4) is 0 Å². The molecule has 0 saturated carbocycles. The predicted molar refractivity (Wildman–Crippen MR) is 139 cm³/mol. The van der Waals surface area contributed by atoms with Crippen LogP contribution in [0.15, 0.2) is 78.3 Å². The summed E-state index contributed by atoms with van der Waals surface area (Å²) in [6, 6.07) is 15.8. The lowest BCUT2D eigenvalue weighted by Gasteiger charge is -2.29. The highest BCUT2D eigenvalue weighted by Crippen LogP contribution is 2.41. The molecule has 1 atom stereocenters. The minimum absolute atomic E-state index is 0.308. The zero-order valence-corrected chi connectivity index (χ0v) is 20.9. The van der Waals surface area contributed by atoms with Crippen LogP contribution in [0.4, 0.5) is 11.6 Å². The molecule has 2 aromatic heterocycles. The summed E-state index contributed by atoms with van der Waals surface area (Å²) in [6.07, 6.45) is 3.24. The molecule has 5 rings (SSSR count). The molecule has 1 amide bonds. The summed E-state index contributed by atoms with van der Waals surface area (Å²) >= 11 is 0. The van der Waals surface area contributed by atoms with Gasteiger partial charge in [0.05, 0.1) is 38.8 Å². The van der Waals surface area contributed by atoms with Crippen LogP contribution in [0, 0.1) is 0 Å². The second-order valence-corrected chi connectivity index (χ2v) is 8.31. The number of nitrogens with zero attached hydrogens (tertiary/aromatic N) is 4. The zero-order chi connectivity index (χ0) is 25.9. The Balaban J connectivity index is 1.66. The quantitative estimate of drug-likeness (QED) is 0.388. The number of anilines is 2. The van der Waals surface area contributed by atoms with Gasteiger partial charge >= 0.3 is 0 Å². The molecule has 1 aliphatic heterocycles. The Labute approximate surface area is 213 Å². The summed E-state index contributed by atoms with van der Waals surface area (Å²) in [5.41, 5.74) is 3.13. The summed E-state index contributed by atoms with van der Waals surface area (Å²) in [5.74, 6) is 2.55. The standard InChI is InChI=1S/C27H26N6O4/c1-16-23(26(34)30-18-8-6-12-28-15-18)24(21-14-20(36-3)10-11-22(21)37-4)33-27(29-16)31-25(32-33)17-7-5-9-19(13-17)35-2/h5-15,24H,1-4H3,(H,30,34)(H,29,31,32). The third kappa shape index (κ3) is 4.56. The third-order valence-electron chi connectivity index (χ3n) is 6.08. The molecule has 2 N–H and O–H groups in total. The second-order valence-electron chi connectivity index (χ2n) is 8.31. The smallest absolute Gasteiger partial charge is 0.255 e. The lowest BCUT2D eigenvalue weighted by Crippen LogP contribution is -2.31. The van der Waals surface area contributed by atoms with E-state index in [2.05, 4.69) is 15.6 Å². The molecule has 4 aromatic rings. The van der Waals surface area contributed by atoms with Gasteiger partial charge in [-0.1, -0.05) is 12.1 Å². The van der Waals surface area contributed by atoms with Crippen molar-refractivity contribution in [3.63, 3.8) is 0 Å². The lowest BCUT2D eigenvalue weighted by atomic mass is 9.94. The van der Waals surface area contributed by atoms with Crippen molar-refractivity contribution < 1.29 is 19.0 Å². The van der Waals surface area contributed by atoms with E-state index < -0.39 is 6.04 Å². The molecule has 0 radical (unpaired) electrons. The Kier molecular flexibility index (Phi) is 6.46. The first kappa shape index (κ1) is 23.9. The molecule has 0 fully saturated rings. The van der Waals surface area contributed by atoms with Crippen LogP contribution < -0.4 is 24.8 Å². The number of rotatable bonds is 7. The minimum atomic E-state index is -0.662. The summed E-state index contributed by atoms with van der Waals surface area (Å²) < 4.78 is 18.3. The number of ether oxygens (including phenoxy) is 3. The fourth-order valence-corrected chi connectivity index (χ4v) is 4.31. The average Bonchev–Trinajstić information content (AvgIpc) is 3.36. The molecule has 3 heterocycles. The van der Waals surface area contributed by atoms with Gasteiger partial charge in [-0.3, -0.25) is 9.78 Å². The van der Waals surface area contributed by atoms with Crippen molar-refractivity contribution in [3.05, 3.63) is 83.8 Å². The summed E-state index contributed by atoms with van der Waals surface area (Å²) in [5, 5.41) is 11.0. The summed E-state index contributed by atoms with van der Waals surface area (Å²) in [7, 11) is 4.78. The summed E-state index contributed by atoms with van der Waals surface area (Å²) in [6.45, 7) is 1.83. The average molecular weight is 499 g/mol. The highest BCUT2D eigenvalue weighted by atomic mass is 16.5. The van der Waals surface area contributed by atoms with Crippen molar-refractivity contribution in [2.45, 2.75) is 13.0 Å². The molecule has 37 heavy (non-hydrogen) atoms. The van der Waals surface area contributed by atoms with E-state index in [4.69, 9.17) is 24.3 Å². The molecule has 10 heteroatoms. The van der Waals surface area contributed by atoms with E-state index in [9.17, 15) is 4.79 Å². The van der Waals surface area contributed by atoms with E-state index in [1.54, 1.807) is 56.6 Å². The van der Waals surface area contributed by atoms with Gasteiger partial charge in [0.15, 0.2) is 5.82 Å². The van der Waals surface area contributed by atoms with E-state index in [1.807, 2.05) is 43.3 Å². The number of nitrogens with one attached hydrogen (secondary N) is 2. The van der Waals surface area contributed by atoms with Crippen LogP contribution in [0.1, 0.15) is 18.5 Å². The van der Waals surface area contributed by atoms with E-state index >= 15 is 0 Å². The number of benzene rings is 2. The SMILES string of the molecule is COc1cccc(-c2nc3n(n2)C(c2cc(OC)ccc2OC)C(C(=O)Nc2cccnc2)=C(C)N3)c1. The molecule has 0 bridgehead atoms. The van der Waals surface area contributed by atoms with Crippen LogP contribution in [0.5, 0.6) is 17.2 Å². The second kappa shape index (κ2) is 10.0. The fraction of sp³-hybridized carbons (Fsp3) is 0.185. The summed E-state index contributed by atoms with van der Waals surface area (Å²) in [4.78, 5) is 22.5. The number of methoxy groups -OCH3 is 3. The van der Waals surface area contributed by atoms with Crippen LogP contribution in [-0.4, -0.2) is 47.0 Å². The molecule has 1 unspecified atom stereocenters. The van der Waals surface area contributed by atoms with E-state index in [0.29, 0.717) is 51.5 Å². The van der Waals surface area contributed by atoms with Crippen LogP contribution in [0.25, 0.3) is 11.4 Å². The van der Waals surface area contributed by atoms with Crippen molar-refractivity contribution in [3.8, 4) is 28.6 Å². The molecule has 1 aliphatic rings. The number of carbonyl (C=O) groups is 1. The maximum Gasteiger partial charge on any atom is 0.255 e. The van der Waals surface area contributed by atoms with Crippen molar-refractivity contribution in [2.24, 2.45) is 0 Å². The van der Waals surface area contributed by atoms with Gasteiger partial charge in [-0.2, -0.15) is 4.98 Å². The van der Waals surface area contributed by atoms with Crippen LogP contribution >= 0.6 is 0 Å². The van der Waals surface area contributed by atoms with Gasteiger partial charge in [0.25, 0.3) is 5.91 Å². The number of fused-ring (bicyclic) bond motifs is 1. The molecule has 10 nitrogen and oxygen atoms in total. The Hall–Kier alpha value is -4.86. The number of allylic oxidation sites excluding steroid dienone is 1. The number of hydrogen-bond acceptors (Lipinski definition) is 8. The number of aromatic nitrogens is 4. The number of carbonyl (C=O) groups excluding carboxylic acids is 1. The van der Waals surface area contributed by atoms with Gasteiger partial charge in [0, 0.05) is 23.0 Å². The van der Waals surface area contributed by atoms with Crippen molar-refractivity contribution >= 4 is 17.5 Å². The Morgan fingerprint density at radius 1 is 1.00 bits per heavy atom. The first-order valence-electron chi connectivity index (χ1n) is 11.5. The molecule has 188 valence electrons. The van der Waals surface area contributed by atoms with E-state index in [0.717, 1.165) is 5.56 Å². The highest BCUT2D eigenvalue weighted by molar-refractivity contribution is 6.06. The normalized spacial score (nSPS) is 14.4. The van der Waals surface area contributed by atoms with Gasteiger partial charge in [0.2, 0.25) is 5.95 Å². The molecular formula is C27H26N6O4. The lowest BCUT2D eigenvalue weighted by molar-refractivity contribution is -0.113. The van der Waals surface area contributed by atoms with Gasteiger partial charge in [0.1, 0.15) is 23.3 Å². The molecule has 0 spiro atoms. The predicted octanol–water partition coefficient (Wildman–Crippen LogP) is 4.29. The first-order chi connectivity index (χ1) is 18.0. The molecular weight excluding hydrogens is 472 g/mol. The molecule has 0 saturated heterocycles. The number of amides is 1. The zero-order valence-electron chi connectivity index (χ0n) is 20.9. The Morgan fingerprint density at radius 3 is 2.54 bits per heavy atom. The Morgan fingerprint density at radius 2 is 1.81 bits per heavy atom. The van der Waals surface area contributed by atoms with Crippen molar-refractivity contribution in [2.75, 3.05) is 32.0 Å². The molecule has 0 aliphatic carbocycles. The van der Waals surface area contributed by atoms with E-state index in [1.165, 1.54) is 0 Å². The first-order valence-corrected chi connectivity index (χ1v) is 11.5. The van der Waals surface area contributed by atoms with Crippen molar-refractivity contribution in [1.29, 1.82) is 0 Å².